The number of furan rings is 1. The first-order chi connectivity index (χ1) is 13.2. The van der Waals surface area contributed by atoms with Crippen molar-refractivity contribution in [1.29, 1.82) is 0 Å². The summed E-state index contributed by atoms with van der Waals surface area (Å²) in [5.74, 6) is 0.750. The number of rotatable bonds is 3. The van der Waals surface area contributed by atoms with Crippen molar-refractivity contribution in [3.8, 4) is 10.6 Å². The number of hydrogen-bond acceptors (Lipinski definition) is 6. The van der Waals surface area contributed by atoms with Gasteiger partial charge < -0.3 is 9.73 Å². The van der Waals surface area contributed by atoms with Crippen LogP contribution < -0.4 is 5.32 Å². The maximum atomic E-state index is 12.4. The first-order valence-electron chi connectivity index (χ1n) is 8.26. The van der Waals surface area contributed by atoms with E-state index in [4.69, 9.17) is 4.42 Å². The molecule has 0 aliphatic rings. The summed E-state index contributed by atoms with van der Waals surface area (Å²) in [6.07, 6.45) is 0. The first-order valence-corrected chi connectivity index (χ1v) is 9.08. The normalized spacial score (nSPS) is 11.3. The molecule has 2 aromatic carbocycles. The van der Waals surface area contributed by atoms with Crippen LogP contribution in [0.15, 0.2) is 59.0 Å². The highest BCUT2D eigenvalue weighted by atomic mass is 32.1. The van der Waals surface area contributed by atoms with Gasteiger partial charge in [0, 0.05) is 16.6 Å². The fourth-order valence-corrected chi connectivity index (χ4v) is 3.70. The van der Waals surface area contributed by atoms with Crippen molar-refractivity contribution in [3.63, 3.8) is 0 Å². The third kappa shape index (κ3) is 2.76. The molecule has 0 aliphatic carbocycles. The lowest BCUT2D eigenvalue weighted by Gasteiger charge is -2.03. The lowest BCUT2D eigenvalue weighted by molar-refractivity contribution is 0.0998. The molecule has 0 bridgehead atoms. The molecule has 0 radical (unpaired) electrons. The smallest absolute Gasteiger partial charge is 0.291 e. The van der Waals surface area contributed by atoms with Gasteiger partial charge in [0.05, 0.1) is 0 Å². The fourth-order valence-electron chi connectivity index (χ4n) is 2.81. The number of amides is 1. The molecule has 0 atom stereocenters. The van der Waals surface area contributed by atoms with Crippen molar-refractivity contribution in [2.75, 3.05) is 5.32 Å². The van der Waals surface area contributed by atoms with Gasteiger partial charge in [-0.25, -0.2) is 0 Å². The average molecular weight is 375 g/mol. The zero-order valence-corrected chi connectivity index (χ0v) is 15.0. The molecule has 5 aromatic rings. The van der Waals surface area contributed by atoms with E-state index >= 15 is 0 Å². The molecular weight excluding hydrogens is 362 g/mol. The number of benzene rings is 2. The van der Waals surface area contributed by atoms with Gasteiger partial charge in [-0.05, 0) is 43.3 Å². The second kappa shape index (κ2) is 6.03. The molecule has 0 saturated heterocycles. The summed E-state index contributed by atoms with van der Waals surface area (Å²) < 4.78 is 7.31. The van der Waals surface area contributed by atoms with Gasteiger partial charge in [0.1, 0.15) is 10.6 Å². The number of carbonyl (C=O) groups excluding carboxylic acids is 1. The highest BCUT2D eigenvalue weighted by molar-refractivity contribution is 7.19. The van der Waals surface area contributed by atoms with E-state index in [1.54, 1.807) is 10.6 Å². The third-order valence-electron chi connectivity index (χ3n) is 4.19. The van der Waals surface area contributed by atoms with Crippen LogP contribution in [0.4, 0.5) is 5.69 Å². The Morgan fingerprint density at radius 3 is 2.70 bits per heavy atom. The van der Waals surface area contributed by atoms with Crippen LogP contribution >= 0.6 is 11.3 Å². The lowest BCUT2D eigenvalue weighted by atomic mass is 10.2. The molecule has 7 nitrogen and oxygen atoms in total. The van der Waals surface area contributed by atoms with Crippen LogP contribution in [-0.2, 0) is 0 Å². The largest absolute Gasteiger partial charge is 0.451 e. The number of aryl methyl sites for hydroxylation is 1. The van der Waals surface area contributed by atoms with Crippen molar-refractivity contribution in [1.82, 2.24) is 19.8 Å². The molecule has 8 heteroatoms. The van der Waals surface area contributed by atoms with Gasteiger partial charge in [0.25, 0.3) is 5.91 Å². The molecule has 0 aliphatic heterocycles. The number of para-hydroxylation sites is 1. The Bertz CT molecular complexity index is 1250. The number of carbonyl (C=O) groups is 1. The van der Waals surface area contributed by atoms with Crippen molar-refractivity contribution in [2.45, 2.75) is 6.92 Å². The van der Waals surface area contributed by atoms with Gasteiger partial charge in [0.15, 0.2) is 11.6 Å². The second-order valence-corrected chi connectivity index (χ2v) is 6.98. The molecule has 3 aromatic heterocycles. The maximum Gasteiger partial charge on any atom is 0.291 e. The van der Waals surface area contributed by atoms with E-state index in [-0.39, 0.29) is 11.7 Å². The Hall–Kier alpha value is -3.52. The zero-order chi connectivity index (χ0) is 18.4. The van der Waals surface area contributed by atoms with Crippen LogP contribution in [0.2, 0.25) is 0 Å². The Morgan fingerprint density at radius 1 is 1.11 bits per heavy atom. The van der Waals surface area contributed by atoms with Crippen LogP contribution in [0.5, 0.6) is 0 Å². The summed E-state index contributed by atoms with van der Waals surface area (Å²) in [7, 11) is 0. The predicted molar refractivity (Wildman–Crippen MR) is 103 cm³/mol. The summed E-state index contributed by atoms with van der Waals surface area (Å²) >= 11 is 1.47. The topological polar surface area (TPSA) is 85.3 Å². The molecule has 0 unspecified atom stereocenters. The lowest BCUT2D eigenvalue weighted by Crippen LogP contribution is -2.10. The number of nitrogens with zero attached hydrogens (tertiary/aromatic N) is 4. The Balaban J connectivity index is 1.37. The van der Waals surface area contributed by atoms with Crippen LogP contribution in [0.25, 0.3) is 26.5 Å². The van der Waals surface area contributed by atoms with Crippen molar-refractivity contribution < 1.29 is 9.21 Å². The summed E-state index contributed by atoms with van der Waals surface area (Å²) in [6.45, 7) is 1.86. The van der Waals surface area contributed by atoms with E-state index in [1.807, 2.05) is 55.5 Å². The minimum absolute atomic E-state index is 0.282. The number of anilines is 1. The standard InChI is InChI=1S/C19H13N5O2S/c1-11-21-22-19-24(11)23-18(27-19)12-6-8-14(9-7-12)20-17(25)16-10-13-4-2-3-5-15(13)26-16/h2-10H,1H3,(H,20,25). The minimum atomic E-state index is -0.284. The van der Waals surface area contributed by atoms with E-state index in [0.717, 1.165) is 26.7 Å². The molecule has 1 amide bonds. The van der Waals surface area contributed by atoms with E-state index < -0.39 is 0 Å². The Labute approximate surface area is 157 Å². The van der Waals surface area contributed by atoms with E-state index in [9.17, 15) is 4.79 Å². The van der Waals surface area contributed by atoms with E-state index in [0.29, 0.717) is 11.3 Å². The minimum Gasteiger partial charge on any atom is -0.451 e. The molecule has 27 heavy (non-hydrogen) atoms. The van der Waals surface area contributed by atoms with Gasteiger partial charge in [-0.2, -0.15) is 9.61 Å². The van der Waals surface area contributed by atoms with Gasteiger partial charge in [0.2, 0.25) is 4.96 Å². The second-order valence-electron chi connectivity index (χ2n) is 6.03. The van der Waals surface area contributed by atoms with Crippen LogP contribution in [0, 0.1) is 6.92 Å². The van der Waals surface area contributed by atoms with Gasteiger partial charge in [-0.3, -0.25) is 4.79 Å². The Kier molecular flexibility index (Phi) is 3.51. The number of aromatic nitrogens is 4. The highest BCUT2D eigenvalue weighted by Gasteiger charge is 2.13. The fraction of sp³-hybridized carbons (Fsp3) is 0.0526. The van der Waals surface area contributed by atoms with Crippen molar-refractivity contribution >= 4 is 38.9 Å². The number of hydrogen-bond donors (Lipinski definition) is 1. The first kappa shape index (κ1) is 15.7. The quantitative estimate of drug-likeness (QED) is 0.512. The maximum absolute atomic E-state index is 12.4. The van der Waals surface area contributed by atoms with Gasteiger partial charge in [-0.1, -0.05) is 29.5 Å². The summed E-state index contributed by atoms with van der Waals surface area (Å²) in [6, 6.07) is 16.8. The monoisotopic (exact) mass is 375 g/mol. The summed E-state index contributed by atoms with van der Waals surface area (Å²) in [5, 5.41) is 17.2. The molecule has 5 rings (SSSR count). The molecule has 0 fully saturated rings. The summed E-state index contributed by atoms with van der Waals surface area (Å²) in [5.41, 5.74) is 2.33. The summed E-state index contributed by atoms with van der Waals surface area (Å²) in [4.78, 5) is 13.2. The Morgan fingerprint density at radius 2 is 1.93 bits per heavy atom. The molecule has 0 spiro atoms. The molecular formula is C19H13N5O2S. The van der Waals surface area contributed by atoms with E-state index in [1.165, 1.54) is 11.3 Å². The number of nitrogens with one attached hydrogen (secondary N) is 1. The molecule has 0 saturated carbocycles. The van der Waals surface area contributed by atoms with Crippen LogP contribution in [0.1, 0.15) is 16.4 Å². The zero-order valence-electron chi connectivity index (χ0n) is 14.2. The predicted octanol–water partition coefficient (Wildman–Crippen LogP) is 4.16. The molecule has 1 N–H and O–H groups in total. The van der Waals surface area contributed by atoms with Gasteiger partial charge >= 0.3 is 0 Å². The number of fused-ring (bicyclic) bond motifs is 2. The third-order valence-corrected chi connectivity index (χ3v) is 5.13. The molecule has 3 heterocycles. The van der Waals surface area contributed by atoms with Gasteiger partial charge in [-0.15, -0.1) is 10.2 Å². The average Bonchev–Trinajstić information content (AvgIpc) is 3.38. The van der Waals surface area contributed by atoms with E-state index in [2.05, 4.69) is 20.6 Å². The molecule has 132 valence electrons. The SMILES string of the molecule is Cc1nnc2sc(-c3ccc(NC(=O)c4cc5ccccc5o4)cc3)nn12. The van der Waals surface area contributed by atoms with Crippen LogP contribution in [0.3, 0.4) is 0 Å². The van der Waals surface area contributed by atoms with Crippen molar-refractivity contribution in [2.24, 2.45) is 0 Å². The van der Waals surface area contributed by atoms with Crippen molar-refractivity contribution in [3.05, 3.63) is 66.2 Å². The highest BCUT2D eigenvalue weighted by Crippen LogP contribution is 2.27. The van der Waals surface area contributed by atoms with Crippen LogP contribution in [-0.4, -0.2) is 25.7 Å².